The fourth-order valence-electron chi connectivity index (χ4n) is 7.45. The maximum Gasteiger partial charge on any atom is 0.472 e. The number of carbonyl (C=O) groups is 3. The summed E-state index contributed by atoms with van der Waals surface area (Å²) in [4.78, 5) is 48.5. The van der Waals surface area contributed by atoms with Crippen LogP contribution in [0.1, 0.15) is 226 Å². The van der Waals surface area contributed by atoms with E-state index in [1.54, 1.807) is 0 Å². The first-order valence-electron chi connectivity index (χ1n) is 29.4. The lowest BCUT2D eigenvalue weighted by Gasteiger charge is -2.21. The number of aliphatic hydroxyl groups excluding tert-OH is 1. The van der Waals surface area contributed by atoms with Gasteiger partial charge in [-0.1, -0.05) is 213 Å². The van der Waals surface area contributed by atoms with Crippen LogP contribution in [0.15, 0.2) is 122 Å². The normalized spacial score (nSPS) is 14.2. The van der Waals surface area contributed by atoms with Gasteiger partial charge in [-0.25, -0.2) is 4.57 Å². The number of esters is 3. The first-order valence-corrected chi connectivity index (χ1v) is 30.9. The Hall–Kier alpha value is -4.12. The van der Waals surface area contributed by atoms with Gasteiger partial charge in [0.1, 0.15) is 12.7 Å². The number of unbranched alkanes of at least 4 members (excludes halogenated alkanes) is 16. The van der Waals surface area contributed by atoms with Crippen LogP contribution in [0, 0.1) is 0 Å². The number of rotatable bonds is 53. The Kier molecular flexibility index (Phi) is 54.0. The molecule has 432 valence electrons. The van der Waals surface area contributed by atoms with Gasteiger partial charge >= 0.3 is 25.7 Å². The Morgan fingerprint density at radius 3 is 1.14 bits per heavy atom. The molecule has 0 aromatic carbocycles. The molecule has 0 radical (unpaired) electrons. The van der Waals surface area contributed by atoms with Gasteiger partial charge in [0.05, 0.1) is 19.8 Å². The third kappa shape index (κ3) is 54.7. The maximum absolute atomic E-state index is 12.9. The predicted octanol–water partition coefficient (Wildman–Crippen LogP) is 17.6. The number of hydrogen-bond acceptors (Lipinski definition) is 10. The summed E-state index contributed by atoms with van der Waals surface area (Å²) in [7, 11) is -4.78. The van der Waals surface area contributed by atoms with E-state index < -0.39 is 57.8 Å². The van der Waals surface area contributed by atoms with Crippen LogP contribution in [0.5, 0.6) is 0 Å². The Morgan fingerprint density at radius 1 is 0.382 bits per heavy atom. The summed E-state index contributed by atoms with van der Waals surface area (Å²) in [6, 6.07) is 0. The van der Waals surface area contributed by atoms with Crippen LogP contribution in [0.25, 0.3) is 0 Å². The molecule has 0 saturated heterocycles. The zero-order valence-corrected chi connectivity index (χ0v) is 48.6. The predicted molar refractivity (Wildman–Crippen MR) is 316 cm³/mol. The van der Waals surface area contributed by atoms with Crippen LogP contribution in [0.4, 0.5) is 0 Å². The zero-order valence-electron chi connectivity index (χ0n) is 47.7. The van der Waals surface area contributed by atoms with E-state index in [-0.39, 0.29) is 25.9 Å². The average molecular weight is 1080 g/mol. The first kappa shape index (κ1) is 71.9. The highest BCUT2D eigenvalue weighted by Gasteiger charge is 2.28. The van der Waals surface area contributed by atoms with E-state index in [4.69, 9.17) is 23.3 Å². The smallest absolute Gasteiger partial charge is 0.462 e. The molecule has 76 heavy (non-hydrogen) atoms. The first-order chi connectivity index (χ1) is 37.2. The molecule has 0 rings (SSSR count). The molecule has 0 spiro atoms. The van der Waals surface area contributed by atoms with Crippen LogP contribution in [-0.4, -0.2) is 66.5 Å². The lowest BCUT2D eigenvalue weighted by atomic mass is 10.1. The Bertz CT molecular complexity index is 1740. The third-order valence-electron chi connectivity index (χ3n) is 11.9. The molecule has 0 aliphatic rings. The van der Waals surface area contributed by atoms with Gasteiger partial charge < -0.3 is 24.2 Å². The fraction of sp³-hybridized carbons (Fsp3) is 0.641. The van der Waals surface area contributed by atoms with Gasteiger partial charge in [0, 0.05) is 19.3 Å². The van der Waals surface area contributed by atoms with E-state index in [2.05, 4.69) is 130 Å². The Labute approximate surface area is 462 Å². The molecule has 0 aromatic rings. The molecular weight excluding hydrogens is 976 g/mol. The van der Waals surface area contributed by atoms with Crippen molar-refractivity contribution < 1.29 is 52.2 Å². The number of phosphoric ester groups is 1. The van der Waals surface area contributed by atoms with Gasteiger partial charge in [0.15, 0.2) is 6.10 Å². The number of ether oxygens (including phenoxy) is 3. The van der Waals surface area contributed by atoms with Crippen LogP contribution in [-0.2, 0) is 42.2 Å². The van der Waals surface area contributed by atoms with Gasteiger partial charge in [-0.2, -0.15) is 0 Å². The second-order valence-electron chi connectivity index (χ2n) is 19.0. The van der Waals surface area contributed by atoms with E-state index in [1.807, 2.05) is 12.2 Å². The van der Waals surface area contributed by atoms with Crippen LogP contribution in [0.3, 0.4) is 0 Å². The molecule has 0 bridgehead atoms. The molecule has 12 heteroatoms. The van der Waals surface area contributed by atoms with Crippen molar-refractivity contribution in [2.45, 2.75) is 238 Å². The molecule has 0 aliphatic heterocycles. The molecule has 3 atom stereocenters. The van der Waals surface area contributed by atoms with E-state index in [1.165, 1.54) is 32.1 Å². The summed E-state index contributed by atoms with van der Waals surface area (Å²) in [6.07, 6.45) is 70.3. The van der Waals surface area contributed by atoms with E-state index in [9.17, 15) is 28.9 Å². The highest BCUT2D eigenvalue weighted by atomic mass is 31.2. The second kappa shape index (κ2) is 57.1. The zero-order chi connectivity index (χ0) is 55.5. The topological polar surface area (TPSA) is 155 Å². The summed E-state index contributed by atoms with van der Waals surface area (Å²) in [5, 5.41) is 9.83. The molecule has 0 saturated carbocycles. The van der Waals surface area contributed by atoms with E-state index in [0.717, 1.165) is 128 Å². The molecular formula is C64H105O11P. The fourth-order valence-corrected chi connectivity index (χ4v) is 8.23. The monoisotopic (exact) mass is 1080 g/mol. The molecule has 0 fully saturated rings. The lowest BCUT2D eigenvalue weighted by Crippen LogP contribution is -2.30. The van der Waals surface area contributed by atoms with Gasteiger partial charge in [0.25, 0.3) is 0 Å². The maximum atomic E-state index is 12.9. The molecule has 2 N–H and O–H groups in total. The van der Waals surface area contributed by atoms with Crippen molar-refractivity contribution in [3.63, 3.8) is 0 Å². The second-order valence-corrected chi connectivity index (χ2v) is 20.5. The van der Waals surface area contributed by atoms with Crippen molar-refractivity contribution in [2.75, 3.05) is 26.4 Å². The molecule has 0 aromatic heterocycles. The van der Waals surface area contributed by atoms with Crippen molar-refractivity contribution in [1.82, 2.24) is 0 Å². The average Bonchev–Trinajstić information content (AvgIpc) is 3.41. The highest BCUT2D eigenvalue weighted by Crippen LogP contribution is 2.43. The largest absolute Gasteiger partial charge is 0.472 e. The summed E-state index contributed by atoms with van der Waals surface area (Å²) in [5.74, 6) is -1.60. The summed E-state index contributed by atoms with van der Waals surface area (Å²) in [6.45, 7) is 4.29. The van der Waals surface area contributed by atoms with Crippen molar-refractivity contribution in [3.05, 3.63) is 122 Å². The number of carbonyl (C=O) groups excluding carboxylic acids is 3. The molecule has 3 unspecified atom stereocenters. The third-order valence-corrected chi connectivity index (χ3v) is 12.8. The number of aliphatic hydroxyl groups is 1. The van der Waals surface area contributed by atoms with E-state index >= 15 is 0 Å². The minimum absolute atomic E-state index is 0.0346. The SMILES string of the molecule is CC/C=C\C/C=C\C/C=C\C/C=C\C/C=C\C/C=C\CCC(=O)OC(COC(=O)CCCCCCC/C=C\CCCCCC)COP(=O)(O)OCC(CO)OC(=O)CCCCCCCCC/C=C\C/C=C\C/C=C\CC. The van der Waals surface area contributed by atoms with Gasteiger partial charge in [-0.15, -0.1) is 0 Å². The quantitative estimate of drug-likeness (QED) is 0.0197. The van der Waals surface area contributed by atoms with Crippen molar-refractivity contribution >= 4 is 25.7 Å². The van der Waals surface area contributed by atoms with Crippen LogP contribution < -0.4 is 0 Å². The minimum atomic E-state index is -4.78. The lowest BCUT2D eigenvalue weighted by molar-refractivity contribution is -0.161. The molecule has 0 heterocycles. The standard InChI is InChI=1S/C64H105O11P/c1-4-7-10-13-16-19-22-25-27-29-30-32-34-37-40-43-46-49-52-55-64(68)75-61(57-71-62(66)53-50-47-44-41-38-35-24-21-18-15-12-9-6-3)59-73-76(69,70)72-58-60(56-65)74-63(67)54-51-48-45-42-39-36-33-31-28-26-23-20-17-14-11-8-5-2/h7-8,10-11,16-17,19-21,24-28,30,32,37,40,46,49,60-61,65H,4-6,9,12-15,18,22-23,29,31,33-36,38-39,41-45,47-48,50-59H2,1-3H3,(H,69,70)/b10-7-,11-8-,19-16-,20-17-,24-21-,27-25-,28-26-,32-30-,40-37-,49-46-. The molecule has 11 nitrogen and oxygen atoms in total. The van der Waals surface area contributed by atoms with Gasteiger partial charge in [-0.05, 0) is 116 Å². The minimum Gasteiger partial charge on any atom is -0.462 e. The van der Waals surface area contributed by atoms with Crippen molar-refractivity contribution in [2.24, 2.45) is 0 Å². The van der Waals surface area contributed by atoms with Crippen molar-refractivity contribution in [1.29, 1.82) is 0 Å². The number of phosphoric acid groups is 1. The molecule has 0 aliphatic carbocycles. The molecule has 0 amide bonds. The summed E-state index contributed by atoms with van der Waals surface area (Å²) >= 11 is 0. The Morgan fingerprint density at radius 2 is 0.711 bits per heavy atom. The van der Waals surface area contributed by atoms with Gasteiger partial charge in [0.2, 0.25) is 0 Å². The van der Waals surface area contributed by atoms with Crippen LogP contribution >= 0.6 is 7.82 Å². The van der Waals surface area contributed by atoms with Gasteiger partial charge in [-0.3, -0.25) is 23.4 Å². The summed E-state index contributed by atoms with van der Waals surface area (Å²) in [5.41, 5.74) is 0. The Balaban J connectivity index is 4.83. The summed E-state index contributed by atoms with van der Waals surface area (Å²) < 4.78 is 39.4. The van der Waals surface area contributed by atoms with E-state index in [0.29, 0.717) is 25.7 Å². The highest BCUT2D eigenvalue weighted by molar-refractivity contribution is 7.47. The van der Waals surface area contributed by atoms with Crippen LogP contribution in [0.2, 0.25) is 0 Å². The number of hydrogen-bond donors (Lipinski definition) is 2. The number of allylic oxidation sites excluding steroid dienone is 20. The van der Waals surface area contributed by atoms with Crippen molar-refractivity contribution in [3.8, 4) is 0 Å².